The summed E-state index contributed by atoms with van der Waals surface area (Å²) < 4.78 is 39.5. The van der Waals surface area contributed by atoms with Crippen LogP contribution >= 0.6 is 11.6 Å². The van der Waals surface area contributed by atoms with Crippen molar-refractivity contribution in [3.05, 3.63) is 28.8 Å². The lowest BCUT2D eigenvalue weighted by molar-refractivity contribution is -0.174. The number of hydrogen-bond acceptors (Lipinski definition) is 3. The van der Waals surface area contributed by atoms with Crippen molar-refractivity contribution < 1.29 is 22.7 Å². The molecule has 0 atom stereocenters. The monoisotopic (exact) mass is 292 g/mol. The highest BCUT2D eigenvalue weighted by Crippen LogP contribution is 2.22. The van der Waals surface area contributed by atoms with Gasteiger partial charge in [-0.25, -0.2) is 0 Å². The number of nitrogens with one attached hydrogen (secondary N) is 1. The number of hydrogen-bond donors (Lipinski definition) is 1. The summed E-state index contributed by atoms with van der Waals surface area (Å²) in [5.74, 6) is -0.791. The zero-order valence-electron chi connectivity index (χ0n) is 9.42. The van der Waals surface area contributed by atoms with Crippen LogP contribution < -0.4 is 5.32 Å². The Hall–Kier alpha value is -1.78. The highest BCUT2D eigenvalue weighted by molar-refractivity contribution is 6.33. The smallest absolute Gasteiger partial charge is 0.362 e. The molecule has 0 aliphatic carbocycles. The van der Waals surface area contributed by atoms with Crippen LogP contribution in [0.25, 0.3) is 0 Å². The first-order valence-electron chi connectivity index (χ1n) is 4.96. The van der Waals surface area contributed by atoms with E-state index >= 15 is 0 Å². The number of nitrogens with zero attached hydrogens (tertiary/aromatic N) is 1. The van der Waals surface area contributed by atoms with E-state index in [0.29, 0.717) is 0 Å². The predicted octanol–water partition coefficient (Wildman–Crippen LogP) is 2.73. The first-order valence-corrected chi connectivity index (χ1v) is 5.33. The number of ether oxygens (including phenoxy) is 1. The molecule has 0 aliphatic heterocycles. The average molecular weight is 293 g/mol. The Bertz CT molecular complexity index is 512. The van der Waals surface area contributed by atoms with E-state index in [1.165, 1.54) is 18.2 Å². The van der Waals surface area contributed by atoms with Crippen LogP contribution in [0.5, 0.6) is 0 Å². The Labute approximate surface area is 111 Å². The standard InChI is InChI=1S/C11H8ClF3N2O2/c12-8-2-1-7(4-16)3-9(8)17-10(18)5-19-6-11(13,14)15/h1-3H,5-6H2,(H,17,18). The zero-order chi connectivity index (χ0) is 14.5. The lowest BCUT2D eigenvalue weighted by Crippen LogP contribution is -2.24. The molecule has 0 heterocycles. The van der Waals surface area contributed by atoms with Crippen LogP contribution in [-0.4, -0.2) is 25.3 Å². The first-order chi connectivity index (χ1) is 8.81. The fourth-order valence-corrected chi connectivity index (χ4v) is 1.30. The van der Waals surface area contributed by atoms with Gasteiger partial charge in [0.05, 0.1) is 22.3 Å². The maximum absolute atomic E-state index is 11.8. The van der Waals surface area contributed by atoms with E-state index in [4.69, 9.17) is 16.9 Å². The number of carbonyl (C=O) groups excluding carboxylic acids is 1. The molecule has 0 aromatic heterocycles. The molecule has 1 aromatic carbocycles. The van der Waals surface area contributed by atoms with Gasteiger partial charge in [0.25, 0.3) is 0 Å². The number of rotatable bonds is 4. The third-order valence-corrected chi connectivity index (χ3v) is 2.20. The summed E-state index contributed by atoms with van der Waals surface area (Å²) in [5.41, 5.74) is 0.400. The Kier molecular flexibility index (Phi) is 5.15. The van der Waals surface area contributed by atoms with E-state index in [0.717, 1.165) is 0 Å². The Morgan fingerprint density at radius 2 is 2.16 bits per heavy atom. The van der Waals surface area contributed by atoms with Gasteiger partial charge >= 0.3 is 6.18 Å². The lowest BCUT2D eigenvalue weighted by atomic mass is 10.2. The minimum Gasteiger partial charge on any atom is -0.362 e. The molecular formula is C11H8ClF3N2O2. The molecule has 102 valence electrons. The van der Waals surface area contributed by atoms with Gasteiger partial charge in [-0.3, -0.25) is 4.79 Å². The van der Waals surface area contributed by atoms with Crippen molar-refractivity contribution >= 4 is 23.2 Å². The molecule has 0 radical (unpaired) electrons. The van der Waals surface area contributed by atoms with Crippen molar-refractivity contribution in [1.29, 1.82) is 5.26 Å². The summed E-state index contributed by atoms with van der Waals surface area (Å²) in [6, 6.07) is 5.99. The molecular weight excluding hydrogens is 285 g/mol. The number of halogens is 4. The molecule has 0 unspecified atom stereocenters. The van der Waals surface area contributed by atoms with Crippen molar-refractivity contribution in [1.82, 2.24) is 0 Å². The SMILES string of the molecule is N#Cc1ccc(Cl)c(NC(=O)COCC(F)(F)F)c1. The van der Waals surface area contributed by atoms with Gasteiger partial charge in [-0.1, -0.05) is 11.6 Å². The largest absolute Gasteiger partial charge is 0.411 e. The van der Waals surface area contributed by atoms with Crippen LogP contribution in [0.2, 0.25) is 5.02 Å². The second-order valence-electron chi connectivity index (χ2n) is 3.46. The van der Waals surface area contributed by atoms with Gasteiger partial charge in [0.1, 0.15) is 13.2 Å². The molecule has 1 rings (SSSR count). The molecule has 19 heavy (non-hydrogen) atoms. The quantitative estimate of drug-likeness (QED) is 0.928. The van der Waals surface area contributed by atoms with Crippen LogP contribution in [0.3, 0.4) is 0 Å². The summed E-state index contributed by atoms with van der Waals surface area (Å²) in [5, 5.41) is 11.1. The second kappa shape index (κ2) is 6.41. The molecule has 0 saturated carbocycles. The van der Waals surface area contributed by atoms with Crippen LogP contribution in [0.4, 0.5) is 18.9 Å². The van der Waals surface area contributed by atoms with E-state index in [2.05, 4.69) is 10.1 Å². The van der Waals surface area contributed by atoms with Crippen LogP contribution in [-0.2, 0) is 9.53 Å². The summed E-state index contributed by atoms with van der Waals surface area (Å²) in [7, 11) is 0. The van der Waals surface area contributed by atoms with E-state index in [9.17, 15) is 18.0 Å². The normalized spacial score (nSPS) is 10.9. The molecule has 1 aromatic rings. The van der Waals surface area contributed by atoms with Crippen molar-refractivity contribution in [3.8, 4) is 6.07 Å². The van der Waals surface area contributed by atoms with Crippen molar-refractivity contribution in [2.24, 2.45) is 0 Å². The number of alkyl halides is 3. The molecule has 0 aliphatic rings. The van der Waals surface area contributed by atoms with Gasteiger partial charge in [0, 0.05) is 0 Å². The summed E-state index contributed by atoms with van der Waals surface area (Å²) in [6.07, 6.45) is -4.49. The molecule has 4 nitrogen and oxygen atoms in total. The number of anilines is 1. The van der Waals surface area contributed by atoms with Gasteiger partial charge in [-0.15, -0.1) is 0 Å². The topological polar surface area (TPSA) is 62.1 Å². The van der Waals surface area contributed by atoms with Crippen LogP contribution in [0, 0.1) is 11.3 Å². The molecule has 0 spiro atoms. The fourth-order valence-electron chi connectivity index (χ4n) is 1.14. The van der Waals surface area contributed by atoms with E-state index < -0.39 is 25.3 Å². The minimum atomic E-state index is -4.49. The Morgan fingerprint density at radius 1 is 1.47 bits per heavy atom. The molecule has 0 bridgehead atoms. The Morgan fingerprint density at radius 3 is 2.74 bits per heavy atom. The number of benzene rings is 1. The minimum absolute atomic E-state index is 0.140. The summed E-state index contributed by atoms with van der Waals surface area (Å²) >= 11 is 5.76. The van der Waals surface area contributed by atoms with Crippen LogP contribution in [0.15, 0.2) is 18.2 Å². The number of carbonyl (C=O) groups is 1. The van der Waals surface area contributed by atoms with Gasteiger partial charge in [0.2, 0.25) is 5.91 Å². The molecule has 1 amide bonds. The fraction of sp³-hybridized carbons (Fsp3) is 0.273. The highest BCUT2D eigenvalue weighted by atomic mass is 35.5. The van der Waals surface area contributed by atoms with Gasteiger partial charge < -0.3 is 10.1 Å². The Balaban J connectivity index is 2.55. The molecule has 8 heteroatoms. The third-order valence-electron chi connectivity index (χ3n) is 1.87. The highest BCUT2D eigenvalue weighted by Gasteiger charge is 2.27. The lowest BCUT2D eigenvalue weighted by Gasteiger charge is -2.09. The molecule has 0 saturated heterocycles. The number of nitriles is 1. The summed E-state index contributed by atoms with van der Waals surface area (Å²) in [4.78, 5) is 11.3. The maximum atomic E-state index is 11.8. The van der Waals surface area contributed by atoms with E-state index in [-0.39, 0.29) is 16.3 Å². The summed E-state index contributed by atoms with van der Waals surface area (Å²) in [6.45, 7) is -2.26. The average Bonchev–Trinajstić information content (AvgIpc) is 2.30. The van der Waals surface area contributed by atoms with E-state index in [1.807, 2.05) is 6.07 Å². The van der Waals surface area contributed by atoms with Crippen LogP contribution in [0.1, 0.15) is 5.56 Å². The van der Waals surface area contributed by atoms with Crippen molar-refractivity contribution in [3.63, 3.8) is 0 Å². The van der Waals surface area contributed by atoms with Gasteiger partial charge in [0.15, 0.2) is 0 Å². The van der Waals surface area contributed by atoms with E-state index in [1.54, 1.807) is 0 Å². The maximum Gasteiger partial charge on any atom is 0.411 e. The number of amides is 1. The van der Waals surface area contributed by atoms with Crippen molar-refractivity contribution in [2.75, 3.05) is 18.5 Å². The zero-order valence-corrected chi connectivity index (χ0v) is 10.2. The van der Waals surface area contributed by atoms with Gasteiger partial charge in [-0.2, -0.15) is 18.4 Å². The molecule has 1 N–H and O–H groups in total. The van der Waals surface area contributed by atoms with Crippen molar-refractivity contribution in [2.45, 2.75) is 6.18 Å². The third kappa shape index (κ3) is 5.59. The van der Waals surface area contributed by atoms with Gasteiger partial charge in [-0.05, 0) is 18.2 Å². The molecule has 0 fully saturated rings. The predicted molar refractivity (Wildman–Crippen MR) is 61.7 cm³/mol. The second-order valence-corrected chi connectivity index (χ2v) is 3.87. The first kappa shape index (κ1) is 15.3.